The Morgan fingerprint density at radius 3 is 2.83 bits per heavy atom. The highest BCUT2D eigenvalue weighted by Gasteiger charge is 1.93. The van der Waals surface area contributed by atoms with Gasteiger partial charge in [-0.15, -0.1) is 0 Å². The summed E-state index contributed by atoms with van der Waals surface area (Å²) >= 11 is 0. The van der Waals surface area contributed by atoms with Gasteiger partial charge in [0, 0.05) is 21.6 Å². The van der Waals surface area contributed by atoms with Gasteiger partial charge in [-0.05, 0) is 0 Å². The van der Waals surface area contributed by atoms with Gasteiger partial charge in [0.2, 0.25) is 0 Å². The molecule has 6 heavy (non-hydrogen) atoms. The van der Waals surface area contributed by atoms with Crippen molar-refractivity contribution in [2.24, 2.45) is 0 Å². The van der Waals surface area contributed by atoms with Gasteiger partial charge in [-0.25, -0.2) is 0 Å². The van der Waals surface area contributed by atoms with E-state index in [0.717, 1.165) is 19.4 Å². The highest BCUT2D eigenvalue weighted by atomic mass is 31.1. The van der Waals surface area contributed by atoms with Crippen molar-refractivity contribution in [2.75, 3.05) is 19.4 Å². The monoisotopic (exact) mass is 105 g/mol. The lowest BCUT2D eigenvalue weighted by Gasteiger charge is -2.10. The molecule has 1 rings (SSSR count). The van der Waals surface area contributed by atoms with Crippen molar-refractivity contribution in [2.45, 2.75) is 0 Å². The maximum absolute atomic E-state index is 5.03. The average Bonchev–Trinajstić information content (AvgIpc) is 1.72. The molecule has 1 fully saturated rings. The maximum Gasteiger partial charge on any atom is 0.0631 e. The van der Waals surface area contributed by atoms with E-state index in [2.05, 4.69) is 5.32 Å². The van der Waals surface area contributed by atoms with Gasteiger partial charge in [-0.2, -0.15) is 0 Å². The lowest BCUT2D eigenvalue weighted by Crippen LogP contribution is -2.21. The Labute approximate surface area is 39.1 Å². The molecule has 0 aromatic carbocycles. The summed E-state index contributed by atoms with van der Waals surface area (Å²) in [6.45, 7) is 1.94. The fourth-order valence-corrected chi connectivity index (χ4v) is 1.01. The molecule has 0 spiro atoms. The zero-order chi connectivity index (χ0) is 4.24. The van der Waals surface area contributed by atoms with Crippen LogP contribution < -0.4 is 5.32 Å². The fourth-order valence-electron chi connectivity index (χ4n) is 0.386. The third-order valence-corrected chi connectivity index (χ3v) is 1.48. The van der Waals surface area contributed by atoms with Crippen molar-refractivity contribution in [3.05, 3.63) is 0 Å². The molecule has 1 aliphatic rings. The Morgan fingerprint density at radius 2 is 2.67 bits per heavy atom. The van der Waals surface area contributed by atoms with Crippen LogP contribution in [0.2, 0.25) is 0 Å². The standard InChI is InChI=1S/C3H8NOP/c1-2-5-6-3-4-1/h4,6H,1-3H2. The van der Waals surface area contributed by atoms with E-state index in [4.69, 9.17) is 4.52 Å². The summed E-state index contributed by atoms with van der Waals surface area (Å²) < 4.78 is 5.03. The smallest absolute Gasteiger partial charge is 0.0631 e. The normalized spacial score (nSPS) is 28.0. The lowest BCUT2D eigenvalue weighted by atomic mass is 10.7. The zero-order valence-electron chi connectivity index (χ0n) is 3.53. The summed E-state index contributed by atoms with van der Waals surface area (Å²) in [5, 5.41) is 3.17. The molecule has 0 saturated carbocycles. The average molecular weight is 105 g/mol. The van der Waals surface area contributed by atoms with Crippen LogP contribution in [0, 0.1) is 0 Å². The van der Waals surface area contributed by atoms with E-state index in [-0.39, 0.29) is 0 Å². The molecule has 1 heterocycles. The quantitative estimate of drug-likeness (QED) is 0.443. The van der Waals surface area contributed by atoms with Crippen LogP contribution in [0.1, 0.15) is 0 Å². The molecule has 36 valence electrons. The minimum atomic E-state index is 0.691. The van der Waals surface area contributed by atoms with E-state index in [1.165, 1.54) is 0 Å². The summed E-state index contributed by atoms with van der Waals surface area (Å²) in [7, 11) is 0.691. The predicted octanol–water partition coefficient (Wildman–Crippen LogP) is 0.157. The summed E-state index contributed by atoms with van der Waals surface area (Å²) in [6.07, 6.45) is 1.06. The summed E-state index contributed by atoms with van der Waals surface area (Å²) in [5.41, 5.74) is 0. The first kappa shape index (κ1) is 4.51. The van der Waals surface area contributed by atoms with Crippen molar-refractivity contribution in [3.8, 4) is 0 Å². The molecular formula is C3H8NOP. The minimum absolute atomic E-state index is 0.691. The molecule has 0 aromatic heterocycles. The topological polar surface area (TPSA) is 21.3 Å². The molecule has 0 aliphatic carbocycles. The second-order valence-corrected chi connectivity index (χ2v) is 2.10. The summed E-state index contributed by atoms with van der Waals surface area (Å²) in [4.78, 5) is 0. The molecular weight excluding hydrogens is 97.0 g/mol. The minimum Gasteiger partial charge on any atom is -0.360 e. The Kier molecular flexibility index (Phi) is 1.89. The second-order valence-electron chi connectivity index (χ2n) is 1.17. The first-order valence-corrected chi connectivity index (χ1v) is 3.17. The van der Waals surface area contributed by atoms with Gasteiger partial charge >= 0.3 is 0 Å². The number of hydrogen-bond donors (Lipinski definition) is 1. The van der Waals surface area contributed by atoms with E-state index in [0.29, 0.717) is 8.81 Å². The number of rotatable bonds is 0. The maximum atomic E-state index is 5.03. The van der Waals surface area contributed by atoms with Gasteiger partial charge in [-0.1, -0.05) is 0 Å². The molecule has 3 heteroatoms. The van der Waals surface area contributed by atoms with E-state index in [1.807, 2.05) is 0 Å². The number of hydrogen-bond acceptors (Lipinski definition) is 2. The molecule has 0 radical (unpaired) electrons. The van der Waals surface area contributed by atoms with Crippen LogP contribution in [0.5, 0.6) is 0 Å². The molecule has 0 aromatic rings. The van der Waals surface area contributed by atoms with Gasteiger partial charge in [0.25, 0.3) is 0 Å². The van der Waals surface area contributed by atoms with Crippen molar-refractivity contribution in [1.29, 1.82) is 0 Å². The van der Waals surface area contributed by atoms with Crippen molar-refractivity contribution < 1.29 is 4.52 Å². The highest BCUT2D eigenvalue weighted by molar-refractivity contribution is 7.32. The van der Waals surface area contributed by atoms with Gasteiger partial charge in [-0.3, -0.25) is 0 Å². The molecule has 1 atom stereocenters. The molecule has 1 N–H and O–H groups in total. The van der Waals surface area contributed by atoms with Crippen molar-refractivity contribution in [1.82, 2.24) is 5.32 Å². The highest BCUT2D eigenvalue weighted by Crippen LogP contribution is 2.10. The molecule has 1 saturated heterocycles. The van der Waals surface area contributed by atoms with Crippen LogP contribution in [-0.4, -0.2) is 19.4 Å². The van der Waals surface area contributed by atoms with Gasteiger partial charge in [0.15, 0.2) is 0 Å². The van der Waals surface area contributed by atoms with E-state index >= 15 is 0 Å². The molecule has 1 aliphatic heterocycles. The third kappa shape index (κ3) is 1.21. The largest absolute Gasteiger partial charge is 0.360 e. The first-order valence-electron chi connectivity index (χ1n) is 2.05. The molecule has 2 nitrogen and oxygen atoms in total. The Bertz CT molecular complexity index is 26.3. The predicted molar refractivity (Wildman–Crippen MR) is 27.1 cm³/mol. The van der Waals surface area contributed by atoms with Gasteiger partial charge < -0.3 is 9.84 Å². The summed E-state index contributed by atoms with van der Waals surface area (Å²) in [6, 6.07) is 0. The van der Waals surface area contributed by atoms with Crippen LogP contribution in [0.4, 0.5) is 0 Å². The zero-order valence-corrected chi connectivity index (χ0v) is 4.53. The lowest BCUT2D eigenvalue weighted by molar-refractivity contribution is 0.339. The number of nitrogens with one attached hydrogen (secondary N) is 1. The van der Waals surface area contributed by atoms with Gasteiger partial charge in [0.05, 0.1) is 6.61 Å². The van der Waals surface area contributed by atoms with Crippen LogP contribution in [0.3, 0.4) is 0 Å². The Balaban J connectivity index is 2.00. The second kappa shape index (κ2) is 2.51. The van der Waals surface area contributed by atoms with E-state index in [1.54, 1.807) is 0 Å². The van der Waals surface area contributed by atoms with E-state index in [9.17, 15) is 0 Å². The van der Waals surface area contributed by atoms with Crippen LogP contribution in [-0.2, 0) is 4.52 Å². The summed E-state index contributed by atoms with van der Waals surface area (Å²) in [5.74, 6) is 0. The first-order chi connectivity index (χ1) is 3.00. The molecule has 0 bridgehead atoms. The van der Waals surface area contributed by atoms with Gasteiger partial charge in [0.1, 0.15) is 0 Å². The van der Waals surface area contributed by atoms with Crippen molar-refractivity contribution >= 4 is 8.81 Å². The van der Waals surface area contributed by atoms with Crippen molar-refractivity contribution in [3.63, 3.8) is 0 Å². The van der Waals surface area contributed by atoms with Crippen LogP contribution in [0.15, 0.2) is 0 Å². The van der Waals surface area contributed by atoms with Crippen LogP contribution >= 0.6 is 8.81 Å². The molecule has 0 amide bonds. The molecule has 1 unspecified atom stereocenters. The van der Waals surface area contributed by atoms with E-state index < -0.39 is 0 Å². The van der Waals surface area contributed by atoms with Crippen LogP contribution in [0.25, 0.3) is 0 Å². The SMILES string of the molecule is C1COPCN1. The Hall–Kier alpha value is 0.350. The Morgan fingerprint density at radius 1 is 1.67 bits per heavy atom. The third-order valence-electron chi connectivity index (χ3n) is 0.680. The fraction of sp³-hybridized carbons (Fsp3) is 1.00.